The van der Waals surface area contributed by atoms with Crippen LogP contribution in [0.5, 0.6) is 0 Å². The van der Waals surface area contributed by atoms with Gasteiger partial charge < -0.3 is 14.7 Å². The number of rotatable bonds is 7. The lowest BCUT2D eigenvalue weighted by atomic mass is 10.0. The van der Waals surface area contributed by atoms with Crippen LogP contribution in [0.1, 0.15) is 40.0 Å². The van der Waals surface area contributed by atoms with Crippen LogP contribution < -0.4 is 4.90 Å². The van der Waals surface area contributed by atoms with Crippen molar-refractivity contribution in [3.05, 3.63) is 113 Å². The standard InChI is InChI=1S/C33H35N5O2/c1-24-13-15-28(16-14-24)30-17-18-31(35-34-30)36-19-21-37(22-20-36)32(39)23-38(26(3)27-10-5-4-6-11-27)33(40)29-12-8-7-9-25(29)2/h4-18,26H,19-23H2,1-3H3/t26-/m0/s1. The number of aromatic nitrogens is 2. The smallest absolute Gasteiger partial charge is 0.255 e. The normalized spacial score (nSPS) is 14.1. The molecular weight excluding hydrogens is 498 g/mol. The van der Waals surface area contributed by atoms with Gasteiger partial charge in [-0.05, 0) is 50.1 Å². The highest BCUT2D eigenvalue weighted by Gasteiger charge is 2.29. The topological polar surface area (TPSA) is 69.6 Å². The Balaban J connectivity index is 1.25. The number of nitrogens with zero attached hydrogens (tertiary/aromatic N) is 5. The van der Waals surface area contributed by atoms with Crippen LogP contribution in [-0.2, 0) is 4.79 Å². The minimum absolute atomic E-state index is 0.0221. The van der Waals surface area contributed by atoms with Gasteiger partial charge in [0, 0.05) is 37.3 Å². The number of amides is 2. The molecule has 1 saturated heterocycles. The highest BCUT2D eigenvalue weighted by molar-refractivity contribution is 5.98. The third-order valence-electron chi connectivity index (χ3n) is 7.65. The largest absolute Gasteiger partial charge is 0.352 e. The Morgan fingerprint density at radius 2 is 1.48 bits per heavy atom. The van der Waals surface area contributed by atoms with Crippen molar-refractivity contribution in [2.45, 2.75) is 26.8 Å². The molecule has 0 radical (unpaired) electrons. The van der Waals surface area contributed by atoms with E-state index in [1.165, 1.54) is 5.56 Å². The van der Waals surface area contributed by atoms with Crippen molar-refractivity contribution in [2.75, 3.05) is 37.6 Å². The second-order valence-corrected chi connectivity index (χ2v) is 10.3. The second kappa shape index (κ2) is 12.1. The molecule has 40 heavy (non-hydrogen) atoms. The summed E-state index contributed by atoms with van der Waals surface area (Å²) in [4.78, 5) is 32.9. The third-order valence-corrected chi connectivity index (χ3v) is 7.65. The fourth-order valence-corrected chi connectivity index (χ4v) is 5.07. The average Bonchev–Trinajstić information content (AvgIpc) is 3.00. The molecule has 0 aliphatic carbocycles. The molecule has 2 heterocycles. The maximum atomic E-state index is 13.7. The lowest BCUT2D eigenvalue weighted by molar-refractivity contribution is -0.132. The molecule has 1 aromatic heterocycles. The van der Waals surface area contributed by atoms with E-state index in [2.05, 4.69) is 46.3 Å². The number of hydrogen-bond acceptors (Lipinski definition) is 5. The van der Waals surface area contributed by atoms with Gasteiger partial charge in [0.25, 0.3) is 5.91 Å². The zero-order chi connectivity index (χ0) is 28.1. The lowest BCUT2D eigenvalue weighted by Crippen LogP contribution is -2.52. The van der Waals surface area contributed by atoms with Gasteiger partial charge >= 0.3 is 0 Å². The predicted molar refractivity (Wildman–Crippen MR) is 158 cm³/mol. The number of carbonyl (C=O) groups is 2. The summed E-state index contributed by atoms with van der Waals surface area (Å²) in [5.74, 6) is 0.618. The second-order valence-electron chi connectivity index (χ2n) is 10.3. The van der Waals surface area contributed by atoms with E-state index in [1.807, 2.05) is 85.5 Å². The predicted octanol–water partition coefficient (Wildman–Crippen LogP) is 5.31. The average molecular weight is 534 g/mol. The number of anilines is 1. The van der Waals surface area contributed by atoms with Gasteiger partial charge in [0.15, 0.2) is 5.82 Å². The van der Waals surface area contributed by atoms with E-state index < -0.39 is 0 Å². The summed E-state index contributed by atoms with van der Waals surface area (Å²) in [7, 11) is 0. The van der Waals surface area contributed by atoms with Crippen LogP contribution in [0.15, 0.2) is 91.0 Å². The molecule has 0 spiro atoms. The zero-order valence-electron chi connectivity index (χ0n) is 23.3. The van der Waals surface area contributed by atoms with Gasteiger partial charge in [-0.15, -0.1) is 10.2 Å². The van der Waals surface area contributed by atoms with Crippen LogP contribution in [-0.4, -0.2) is 64.5 Å². The number of carbonyl (C=O) groups excluding carboxylic acids is 2. The molecule has 204 valence electrons. The van der Waals surface area contributed by atoms with E-state index in [0.717, 1.165) is 28.2 Å². The molecule has 4 aromatic rings. The third kappa shape index (κ3) is 6.04. The van der Waals surface area contributed by atoms with Gasteiger partial charge in [-0.25, -0.2) is 0 Å². The lowest BCUT2D eigenvalue weighted by Gasteiger charge is -2.37. The van der Waals surface area contributed by atoms with E-state index in [9.17, 15) is 9.59 Å². The molecule has 1 aliphatic heterocycles. The first-order valence-corrected chi connectivity index (χ1v) is 13.8. The molecule has 5 rings (SSSR count). The molecule has 0 N–H and O–H groups in total. The van der Waals surface area contributed by atoms with Crippen LogP contribution in [0, 0.1) is 13.8 Å². The van der Waals surface area contributed by atoms with E-state index in [1.54, 1.807) is 4.90 Å². The van der Waals surface area contributed by atoms with Crippen molar-refractivity contribution >= 4 is 17.6 Å². The Labute approximate surface area is 236 Å². The Kier molecular flexibility index (Phi) is 8.20. The zero-order valence-corrected chi connectivity index (χ0v) is 23.3. The van der Waals surface area contributed by atoms with Crippen LogP contribution in [0.2, 0.25) is 0 Å². The Hall–Kier alpha value is -4.52. The van der Waals surface area contributed by atoms with E-state index in [0.29, 0.717) is 31.7 Å². The quantitative estimate of drug-likeness (QED) is 0.322. The summed E-state index contributed by atoms with van der Waals surface area (Å²) in [6.45, 7) is 8.43. The molecule has 0 saturated carbocycles. The van der Waals surface area contributed by atoms with E-state index in [4.69, 9.17) is 0 Å². The summed E-state index contributed by atoms with van der Waals surface area (Å²) >= 11 is 0. The molecule has 1 atom stereocenters. The molecular formula is C33H35N5O2. The van der Waals surface area contributed by atoms with Crippen molar-refractivity contribution in [3.63, 3.8) is 0 Å². The van der Waals surface area contributed by atoms with Crippen LogP contribution in [0.4, 0.5) is 5.82 Å². The number of benzene rings is 3. The first-order chi connectivity index (χ1) is 19.4. The van der Waals surface area contributed by atoms with Crippen LogP contribution >= 0.6 is 0 Å². The molecule has 0 unspecified atom stereocenters. The van der Waals surface area contributed by atoms with Crippen LogP contribution in [0.3, 0.4) is 0 Å². The maximum Gasteiger partial charge on any atom is 0.255 e. The van der Waals surface area contributed by atoms with Gasteiger partial charge in [0.2, 0.25) is 5.91 Å². The van der Waals surface area contributed by atoms with E-state index in [-0.39, 0.29) is 24.4 Å². The molecule has 2 amide bonds. The van der Waals surface area contributed by atoms with Crippen molar-refractivity contribution in [1.29, 1.82) is 0 Å². The fourth-order valence-electron chi connectivity index (χ4n) is 5.07. The molecule has 7 nitrogen and oxygen atoms in total. The first-order valence-electron chi connectivity index (χ1n) is 13.8. The van der Waals surface area contributed by atoms with Gasteiger partial charge in [0.1, 0.15) is 6.54 Å². The molecule has 7 heteroatoms. The SMILES string of the molecule is Cc1ccc(-c2ccc(N3CCN(C(=O)CN(C(=O)c4ccccc4C)[C@@H](C)c4ccccc4)CC3)nn2)cc1. The Morgan fingerprint density at radius 3 is 2.12 bits per heavy atom. The van der Waals surface area contributed by atoms with Gasteiger partial charge in [0.05, 0.1) is 11.7 Å². The monoisotopic (exact) mass is 533 g/mol. The summed E-state index contributed by atoms with van der Waals surface area (Å²) in [6.07, 6.45) is 0. The summed E-state index contributed by atoms with van der Waals surface area (Å²) in [5.41, 5.74) is 5.59. The first kappa shape index (κ1) is 27.1. The highest BCUT2D eigenvalue weighted by atomic mass is 16.2. The summed E-state index contributed by atoms with van der Waals surface area (Å²) < 4.78 is 0. The van der Waals surface area contributed by atoms with Crippen molar-refractivity contribution < 1.29 is 9.59 Å². The Bertz CT molecular complexity index is 1450. The van der Waals surface area contributed by atoms with Gasteiger partial charge in [-0.1, -0.05) is 78.4 Å². The minimum atomic E-state index is -0.249. The Morgan fingerprint density at radius 1 is 0.800 bits per heavy atom. The summed E-state index contributed by atoms with van der Waals surface area (Å²) in [5, 5.41) is 8.90. The van der Waals surface area contributed by atoms with Crippen molar-refractivity contribution in [2.24, 2.45) is 0 Å². The number of piperazine rings is 1. The van der Waals surface area contributed by atoms with Crippen molar-refractivity contribution in [3.8, 4) is 11.3 Å². The minimum Gasteiger partial charge on any atom is -0.352 e. The molecule has 1 fully saturated rings. The molecule has 1 aliphatic rings. The maximum absolute atomic E-state index is 13.7. The fraction of sp³-hybridized carbons (Fsp3) is 0.273. The molecule has 3 aromatic carbocycles. The van der Waals surface area contributed by atoms with Crippen LogP contribution in [0.25, 0.3) is 11.3 Å². The number of aryl methyl sites for hydroxylation is 2. The highest BCUT2D eigenvalue weighted by Crippen LogP contribution is 2.24. The molecule has 0 bridgehead atoms. The van der Waals surface area contributed by atoms with Crippen molar-refractivity contribution in [1.82, 2.24) is 20.0 Å². The van der Waals surface area contributed by atoms with Gasteiger partial charge in [-0.2, -0.15) is 0 Å². The van der Waals surface area contributed by atoms with E-state index >= 15 is 0 Å². The summed E-state index contributed by atoms with van der Waals surface area (Å²) in [6, 6.07) is 29.4. The number of hydrogen-bond donors (Lipinski definition) is 0. The van der Waals surface area contributed by atoms with Gasteiger partial charge in [-0.3, -0.25) is 9.59 Å².